The van der Waals surface area contributed by atoms with Gasteiger partial charge in [0.1, 0.15) is 5.82 Å². The first kappa shape index (κ1) is 21.1. The summed E-state index contributed by atoms with van der Waals surface area (Å²) in [4.78, 5) is 17.5. The fourth-order valence-corrected chi connectivity index (χ4v) is 4.23. The lowest BCUT2D eigenvalue weighted by Crippen LogP contribution is -2.44. The molecule has 2 saturated heterocycles. The Kier molecular flexibility index (Phi) is 7.73. The number of imidazole rings is 1. The summed E-state index contributed by atoms with van der Waals surface area (Å²) >= 11 is 0. The molecule has 1 unspecified atom stereocenters. The Morgan fingerprint density at radius 2 is 1.96 bits per heavy atom. The van der Waals surface area contributed by atoms with Gasteiger partial charge in [-0.15, -0.1) is 24.0 Å². The Balaban J connectivity index is 0.00000225. The van der Waals surface area contributed by atoms with Crippen molar-refractivity contribution >= 4 is 29.9 Å². The van der Waals surface area contributed by atoms with Crippen LogP contribution in [0.15, 0.2) is 41.5 Å². The number of halogens is 1. The summed E-state index contributed by atoms with van der Waals surface area (Å²) < 4.78 is 0. The van der Waals surface area contributed by atoms with E-state index in [0.29, 0.717) is 12.6 Å². The second kappa shape index (κ2) is 10.2. The molecule has 2 aliphatic heterocycles. The number of piperidine rings is 1. The van der Waals surface area contributed by atoms with Gasteiger partial charge >= 0.3 is 0 Å². The lowest BCUT2D eigenvalue weighted by atomic mass is 10.1. The lowest BCUT2D eigenvalue weighted by molar-refractivity contribution is 0.168. The zero-order valence-corrected chi connectivity index (χ0v) is 18.9. The molecule has 1 aromatic carbocycles. The summed E-state index contributed by atoms with van der Waals surface area (Å²) in [5.41, 5.74) is 2.21. The molecule has 28 heavy (non-hydrogen) atoms. The SMILES string of the molecule is CN=C(NCc1ncc(-c2ccccc2)[nH]1)N1CCC(N2CCCCC2)C1.I. The monoisotopic (exact) mass is 494 g/mol. The van der Waals surface area contributed by atoms with E-state index in [9.17, 15) is 0 Å². The summed E-state index contributed by atoms with van der Waals surface area (Å²) in [6, 6.07) is 11.0. The van der Waals surface area contributed by atoms with Crippen LogP contribution in [0.5, 0.6) is 0 Å². The maximum Gasteiger partial charge on any atom is 0.194 e. The predicted octanol–water partition coefficient (Wildman–Crippen LogP) is 3.33. The number of aliphatic imine (C=N–C) groups is 1. The molecule has 0 bridgehead atoms. The first-order chi connectivity index (χ1) is 13.3. The van der Waals surface area contributed by atoms with Gasteiger partial charge in [-0.25, -0.2) is 4.98 Å². The molecule has 3 heterocycles. The van der Waals surface area contributed by atoms with Gasteiger partial charge in [-0.3, -0.25) is 9.89 Å². The van der Waals surface area contributed by atoms with Crippen molar-refractivity contribution < 1.29 is 0 Å². The molecule has 2 fully saturated rings. The van der Waals surface area contributed by atoms with Gasteiger partial charge in [0.15, 0.2) is 5.96 Å². The number of H-pyrrole nitrogens is 1. The average Bonchev–Trinajstić information content (AvgIpc) is 3.40. The van der Waals surface area contributed by atoms with Crippen molar-refractivity contribution in [2.75, 3.05) is 33.2 Å². The van der Waals surface area contributed by atoms with Gasteiger partial charge in [0.2, 0.25) is 0 Å². The first-order valence-electron chi connectivity index (χ1n) is 10.1. The quantitative estimate of drug-likeness (QED) is 0.389. The van der Waals surface area contributed by atoms with E-state index in [1.807, 2.05) is 31.4 Å². The number of nitrogens with one attached hydrogen (secondary N) is 2. The zero-order valence-electron chi connectivity index (χ0n) is 16.6. The Morgan fingerprint density at radius 1 is 1.18 bits per heavy atom. The Hall–Kier alpha value is -1.61. The number of aromatic amines is 1. The molecule has 0 aliphatic carbocycles. The molecule has 0 spiro atoms. The van der Waals surface area contributed by atoms with Crippen LogP contribution in [-0.4, -0.2) is 65.0 Å². The van der Waals surface area contributed by atoms with Crippen LogP contribution < -0.4 is 5.32 Å². The average molecular weight is 494 g/mol. The van der Waals surface area contributed by atoms with E-state index in [-0.39, 0.29) is 24.0 Å². The van der Waals surface area contributed by atoms with Gasteiger partial charge in [0, 0.05) is 26.2 Å². The number of hydrogen-bond donors (Lipinski definition) is 2. The normalized spacial score (nSPS) is 20.8. The Morgan fingerprint density at radius 3 is 2.71 bits per heavy atom. The lowest BCUT2D eigenvalue weighted by Gasteiger charge is -2.32. The van der Waals surface area contributed by atoms with Crippen molar-refractivity contribution in [3.63, 3.8) is 0 Å². The highest BCUT2D eigenvalue weighted by atomic mass is 127. The van der Waals surface area contributed by atoms with Gasteiger partial charge < -0.3 is 15.2 Å². The summed E-state index contributed by atoms with van der Waals surface area (Å²) in [6.07, 6.45) is 7.23. The van der Waals surface area contributed by atoms with Crippen molar-refractivity contribution in [3.8, 4) is 11.3 Å². The van der Waals surface area contributed by atoms with Crippen LogP contribution in [0.4, 0.5) is 0 Å². The maximum atomic E-state index is 4.51. The fourth-order valence-electron chi connectivity index (χ4n) is 4.23. The summed E-state index contributed by atoms with van der Waals surface area (Å²) in [7, 11) is 1.87. The number of hydrogen-bond acceptors (Lipinski definition) is 3. The second-order valence-electron chi connectivity index (χ2n) is 7.50. The van der Waals surface area contributed by atoms with Gasteiger partial charge in [-0.2, -0.15) is 0 Å². The molecule has 0 saturated carbocycles. The third kappa shape index (κ3) is 5.05. The third-order valence-corrected chi connectivity index (χ3v) is 5.71. The summed E-state index contributed by atoms with van der Waals surface area (Å²) in [6.45, 7) is 5.34. The molecule has 0 radical (unpaired) electrons. The molecule has 2 N–H and O–H groups in total. The Labute approximate surface area is 184 Å². The third-order valence-electron chi connectivity index (χ3n) is 5.71. The predicted molar refractivity (Wildman–Crippen MR) is 125 cm³/mol. The fraction of sp³-hybridized carbons (Fsp3) is 0.524. The van der Waals surface area contributed by atoms with E-state index in [1.54, 1.807) is 0 Å². The van der Waals surface area contributed by atoms with Crippen molar-refractivity contribution in [1.29, 1.82) is 0 Å². The van der Waals surface area contributed by atoms with Crippen LogP contribution in [0.3, 0.4) is 0 Å². The zero-order chi connectivity index (χ0) is 18.5. The first-order valence-corrected chi connectivity index (χ1v) is 10.1. The molecule has 0 amide bonds. The number of nitrogens with zero attached hydrogens (tertiary/aromatic N) is 4. The van der Waals surface area contributed by atoms with Crippen LogP contribution in [0.1, 0.15) is 31.5 Å². The van der Waals surface area contributed by atoms with Crippen molar-refractivity contribution in [2.45, 2.75) is 38.3 Å². The molecule has 6 nitrogen and oxygen atoms in total. The number of aromatic nitrogens is 2. The van der Waals surface area contributed by atoms with E-state index in [4.69, 9.17) is 0 Å². The molecular weight excluding hydrogens is 463 g/mol. The topological polar surface area (TPSA) is 59.6 Å². The second-order valence-corrected chi connectivity index (χ2v) is 7.50. The van der Waals surface area contributed by atoms with Crippen molar-refractivity contribution in [2.24, 2.45) is 4.99 Å². The smallest absolute Gasteiger partial charge is 0.194 e. The minimum atomic E-state index is 0. The molecular formula is C21H31IN6. The van der Waals surface area contributed by atoms with Crippen LogP contribution in [0, 0.1) is 0 Å². The molecule has 2 aromatic rings. The molecule has 2 aliphatic rings. The van der Waals surface area contributed by atoms with Crippen LogP contribution in [0.25, 0.3) is 11.3 Å². The number of rotatable bonds is 4. The largest absolute Gasteiger partial charge is 0.349 e. The number of guanidine groups is 1. The van der Waals surface area contributed by atoms with Crippen molar-refractivity contribution in [3.05, 3.63) is 42.4 Å². The highest BCUT2D eigenvalue weighted by Crippen LogP contribution is 2.20. The van der Waals surface area contributed by atoms with Gasteiger partial charge in [0.05, 0.1) is 18.4 Å². The van der Waals surface area contributed by atoms with Gasteiger partial charge in [-0.05, 0) is 37.9 Å². The van der Waals surface area contributed by atoms with E-state index < -0.39 is 0 Å². The number of likely N-dealkylation sites (tertiary alicyclic amines) is 2. The summed E-state index contributed by atoms with van der Waals surface area (Å²) in [5, 5.41) is 3.48. The summed E-state index contributed by atoms with van der Waals surface area (Å²) in [5.74, 6) is 1.91. The molecule has 1 atom stereocenters. The van der Waals surface area contributed by atoms with E-state index in [2.05, 4.69) is 42.2 Å². The highest BCUT2D eigenvalue weighted by molar-refractivity contribution is 14.0. The van der Waals surface area contributed by atoms with Gasteiger partial charge in [-0.1, -0.05) is 36.8 Å². The standard InChI is InChI=1S/C21H30N6.HI/c1-22-21(27-13-10-18(16-27)26-11-6-3-7-12-26)24-15-20-23-14-19(25-20)17-8-4-2-5-9-17;/h2,4-5,8-9,14,18H,3,6-7,10-13,15-16H2,1H3,(H,22,24)(H,23,25);1H. The van der Waals surface area contributed by atoms with Gasteiger partial charge in [0.25, 0.3) is 0 Å². The maximum absolute atomic E-state index is 4.51. The van der Waals surface area contributed by atoms with Crippen molar-refractivity contribution in [1.82, 2.24) is 25.1 Å². The van der Waals surface area contributed by atoms with Crippen LogP contribution >= 0.6 is 24.0 Å². The minimum absolute atomic E-state index is 0. The van der Waals surface area contributed by atoms with Crippen LogP contribution in [-0.2, 0) is 6.54 Å². The number of benzene rings is 1. The van der Waals surface area contributed by atoms with Crippen LogP contribution in [0.2, 0.25) is 0 Å². The minimum Gasteiger partial charge on any atom is -0.349 e. The van der Waals surface area contributed by atoms with E-state index >= 15 is 0 Å². The Bertz CT molecular complexity index is 753. The molecule has 152 valence electrons. The molecule has 4 rings (SSSR count). The van der Waals surface area contributed by atoms with E-state index in [1.165, 1.54) is 38.8 Å². The molecule has 1 aromatic heterocycles. The highest BCUT2D eigenvalue weighted by Gasteiger charge is 2.29. The van der Waals surface area contributed by atoms with E-state index in [0.717, 1.165) is 36.1 Å². The molecule has 7 heteroatoms.